The smallest absolute Gasteiger partial charge is 0.228 e. The molecular weight excluding hydrogens is 248 g/mol. The third-order valence-electron chi connectivity index (χ3n) is 4.59. The van der Waals surface area contributed by atoms with E-state index in [1.807, 2.05) is 0 Å². The van der Waals surface area contributed by atoms with E-state index in [0.29, 0.717) is 5.91 Å². The molecule has 2 heterocycles. The summed E-state index contributed by atoms with van der Waals surface area (Å²) in [5, 5.41) is 3.21. The lowest BCUT2D eigenvalue weighted by Gasteiger charge is -2.36. The minimum absolute atomic E-state index is 0.209. The number of benzene rings is 1. The third-order valence-corrected chi connectivity index (χ3v) is 4.59. The van der Waals surface area contributed by atoms with Crippen LogP contribution in [-0.4, -0.2) is 30.4 Å². The molecule has 108 valence electrons. The van der Waals surface area contributed by atoms with Crippen molar-refractivity contribution < 1.29 is 4.79 Å². The van der Waals surface area contributed by atoms with Gasteiger partial charge in [-0.15, -0.1) is 0 Å². The Bertz CT molecular complexity index is 482. The lowest BCUT2D eigenvalue weighted by Crippen LogP contribution is -2.52. The number of hydrogen-bond donors (Lipinski definition) is 1. The maximum absolute atomic E-state index is 12.7. The fourth-order valence-corrected chi connectivity index (χ4v) is 3.29. The molecular formula is C17H24N2O. The first-order valence-electron chi connectivity index (χ1n) is 7.83. The zero-order chi connectivity index (χ0) is 13.9. The van der Waals surface area contributed by atoms with E-state index < -0.39 is 0 Å². The number of carbonyl (C=O) groups excluding carboxylic acids is 1. The van der Waals surface area contributed by atoms with Gasteiger partial charge < -0.3 is 10.2 Å². The quantitative estimate of drug-likeness (QED) is 0.897. The second-order valence-electron chi connectivity index (χ2n) is 6.17. The summed E-state index contributed by atoms with van der Waals surface area (Å²) in [7, 11) is 0. The lowest BCUT2D eigenvalue weighted by atomic mass is 9.96. The Morgan fingerprint density at radius 1 is 1.25 bits per heavy atom. The van der Waals surface area contributed by atoms with Crippen molar-refractivity contribution in [2.24, 2.45) is 5.92 Å². The normalized spacial score (nSPS) is 24.1. The summed E-state index contributed by atoms with van der Waals surface area (Å²) in [6, 6.07) is 8.95. The van der Waals surface area contributed by atoms with Crippen LogP contribution in [0.5, 0.6) is 0 Å². The summed E-state index contributed by atoms with van der Waals surface area (Å²) in [4.78, 5) is 14.8. The molecule has 3 heteroatoms. The Kier molecular flexibility index (Phi) is 4.06. The predicted octanol–water partition coefficient (Wildman–Crippen LogP) is 2.66. The van der Waals surface area contributed by atoms with Gasteiger partial charge in [-0.3, -0.25) is 4.79 Å². The van der Waals surface area contributed by atoms with Crippen molar-refractivity contribution in [2.75, 3.05) is 19.6 Å². The standard InChI is InChI=1S/C17H24N2O/c1-13-6-5-7-14(10-13)16-8-3-2-4-9-19(16)17(20)15-11-18-12-15/h5-7,10,15-16,18H,2-4,8-9,11-12H2,1H3. The minimum Gasteiger partial charge on any atom is -0.335 e. The Balaban J connectivity index is 1.85. The molecule has 1 aromatic rings. The molecule has 1 N–H and O–H groups in total. The Hall–Kier alpha value is -1.35. The Morgan fingerprint density at radius 2 is 2.10 bits per heavy atom. The van der Waals surface area contributed by atoms with Crippen molar-refractivity contribution in [3.63, 3.8) is 0 Å². The second-order valence-corrected chi connectivity index (χ2v) is 6.17. The van der Waals surface area contributed by atoms with Crippen molar-refractivity contribution in [1.82, 2.24) is 10.2 Å². The van der Waals surface area contributed by atoms with Crippen molar-refractivity contribution in [2.45, 2.75) is 38.6 Å². The van der Waals surface area contributed by atoms with E-state index in [-0.39, 0.29) is 12.0 Å². The monoisotopic (exact) mass is 272 g/mol. The van der Waals surface area contributed by atoms with Crippen LogP contribution in [0.4, 0.5) is 0 Å². The van der Waals surface area contributed by atoms with Gasteiger partial charge in [0.05, 0.1) is 12.0 Å². The van der Waals surface area contributed by atoms with Crippen LogP contribution in [-0.2, 0) is 4.79 Å². The third kappa shape index (κ3) is 2.73. The average Bonchev–Trinajstić information content (AvgIpc) is 2.62. The SMILES string of the molecule is Cc1cccc(C2CCCCCN2C(=O)C2CNC2)c1. The first-order valence-corrected chi connectivity index (χ1v) is 7.83. The van der Waals surface area contributed by atoms with E-state index >= 15 is 0 Å². The number of likely N-dealkylation sites (tertiary alicyclic amines) is 1. The van der Waals surface area contributed by atoms with Gasteiger partial charge in [-0.2, -0.15) is 0 Å². The van der Waals surface area contributed by atoms with Gasteiger partial charge in [-0.25, -0.2) is 0 Å². The highest BCUT2D eigenvalue weighted by atomic mass is 16.2. The van der Waals surface area contributed by atoms with Gasteiger partial charge in [-0.1, -0.05) is 42.7 Å². The predicted molar refractivity (Wildman–Crippen MR) is 80.5 cm³/mol. The number of carbonyl (C=O) groups is 1. The van der Waals surface area contributed by atoms with Crippen LogP contribution in [0, 0.1) is 12.8 Å². The fourth-order valence-electron chi connectivity index (χ4n) is 3.29. The molecule has 0 saturated carbocycles. The summed E-state index contributed by atoms with van der Waals surface area (Å²) < 4.78 is 0. The Labute approximate surface area is 121 Å². The zero-order valence-electron chi connectivity index (χ0n) is 12.3. The van der Waals surface area contributed by atoms with Gasteiger partial charge in [0.2, 0.25) is 5.91 Å². The number of amides is 1. The van der Waals surface area contributed by atoms with E-state index in [9.17, 15) is 4.79 Å². The molecule has 1 aromatic carbocycles. The summed E-state index contributed by atoms with van der Waals surface area (Å²) in [6.45, 7) is 4.77. The molecule has 2 saturated heterocycles. The van der Waals surface area contributed by atoms with Crippen molar-refractivity contribution in [1.29, 1.82) is 0 Å². The summed E-state index contributed by atoms with van der Waals surface area (Å²) in [5.74, 6) is 0.567. The molecule has 0 aliphatic carbocycles. The molecule has 3 rings (SSSR count). The van der Waals surface area contributed by atoms with Gasteiger partial charge in [0.1, 0.15) is 0 Å². The molecule has 0 bridgehead atoms. The molecule has 1 atom stereocenters. The molecule has 2 aliphatic heterocycles. The number of nitrogens with zero attached hydrogens (tertiary/aromatic N) is 1. The van der Waals surface area contributed by atoms with Crippen molar-refractivity contribution in [3.05, 3.63) is 35.4 Å². The Morgan fingerprint density at radius 3 is 2.80 bits per heavy atom. The van der Waals surface area contributed by atoms with Crippen molar-refractivity contribution in [3.8, 4) is 0 Å². The first kappa shape index (κ1) is 13.6. The van der Waals surface area contributed by atoms with Crippen LogP contribution in [0.25, 0.3) is 0 Å². The topological polar surface area (TPSA) is 32.3 Å². The molecule has 2 fully saturated rings. The molecule has 2 aliphatic rings. The summed E-state index contributed by atoms with van der Waals surface area (Å²) in [5.41, 5.74) is 2.59. The van der Waals surface area contributed by atoms with E-state index in [0.717, 1.165) is 32.5 Å². The summed E-state index contributed by atoms with van der Waals surface area (Å²) in [6.07, 6.45) is 4.73. The van der Waals surface area contributed by atoms with Crippen LogP contribution in [0.2, 0.25) is 0 Å². The molecule has 1 unspecified atom stereocenters. The molecule has 1 amide bonds. The zero-order valence-corrected chi connectivity index (χ0v) is 12.3. The van der Waals surface area contributed by atoms with Crippen molar-refractivity contribution >= 4 is 5.91 Å². The number of aryl methyl sites for hydroxylation is 1. The van der Waals surface area contributed by atoms with Gasteiger partial charge in [0.15, 0.2) is 0 Å². The van der Waals surface area contributed by atoms with Crippen LogP contribution in [0.3, 0.4) is 0 Å². The average molecular weight is 272 g/mol. The highest BCUT2D eigenvalue weighted by molar-refractivity contribution is 5.80. The lowest BCUT2D eigenvalue weighted by molar-refractivity contribution is -0.139. The minimum atomic E-state index is 0.209. The van der Waals surface area contributed by atoms with Crippen LogP contribution < -0.4 is 5.32 Å². The van der Waals surface area contributed by atoms with Gasteiger partial charge in [0.25, 0.3) is 0 Å². The maximum atomic E-state index is 12.7. The molecule has 0 radical (unpaired) electrons. The fraction of sp³-hybridized carbons (Fsp3) is 0.588. The number of hydrogen-bond acceptors (Lipinski definition) is 2. The largest absolute Gasteiger partial charge is 0.335 e. The molecule has 0 aromatic heterocycles. The van der Waals surface area contributed by atoms with Gasteiger partial charge in [-0.05, 0) is 25.3 Å². The highest BCUT2D eigenvalue weighted by Crippen LogP contribution is 2.32. The van der Waals surface area contributed by atoms with E-state index in [1.54, 1.807) is 0 Å². The molecule has 3 nitrogen and oxygen atoms in total. The van der Waals surface area contributed by atoms with Crippen LogP contribution in [0.15, 0.2) is 24.3 Å². The van der Waals surface area contributed by atoms with E-state index in [4.69, 9.17) is 0 Å². The van der Waals surface area contributed by atoms with E-state index in [2.05, 4.69) is 41.4 Å². The molecule has 0 spiro atoms. The maximum Gasteiger partial charge on any atom is 0.228 e. The number of nitrogens with one attached hydrogen (secondary N) is 1. The highest BCUT2D eigenvalue weighted by Gasteiger charge is 2.34. The second kappa shape index (κ2) is 5.96. The van der Waals surface area contributed by atoms with Gasteiger partial charge >= 0.3 is 0 Å². The van der Waals surface area contributed by atoms with E-state index in [1.165, 1.54) is 24.0 Å². The number of rotatable bonds is 2. The first-order chi connectivity index (χ1) is 9.75. The van der Waals surface area contributed by atoms with Crippen LogP contribution >= 0.6 is 0 Å². The van der Waals surface area contributed by atoms with Crippen LogP contribution in [0.1, 0.15) is 42.9 Å². The summed E-state index contributed by atoms with van der Waals surface area (Å²) >= 11 is 0. The molecule has 20 heavy (non-hydrogen) atoms. The van der Waals surface area contributed by atoms with Gasteiger partial charge in [0, 0.05) is 19.6 Å².